The monoisotopic (exact) mass is 277 g/mol. The molecule has 1 rings (SSSR count). The second-order valence-electron chi connectivity index (χ2n) is 5.25. The van der Waals surface area contributed by atoms with Crippen molar-refractivity contribution in [2.24, 2.45) is 0 Å². The van der Waals surface area contributed by atoms with Gasteiger partial charge in [-0.25, -0.2) is 0 Å². The molecule has 0 N–H and O–H groups in total. The summed E-state index contributed by atoms with van der Waals surface area (Å²) in [6, 6.07) is 0. The highest BCUT2D eigenvalue weighted by Gasteiger charge is 2.09. The number of hydrogen-bond donors (Lipinski definition) is 0. The Bertz CT molecular complexity index is 262. The molecule has 0 aromatic rings. The highest BCUT2D eigenvalue weighted by molar-refractivity contribution is 5.20. The van der Waals surface area contributed by atoms with Crippen LogP contribution in [0.1, 0.15) is 71.6 Å². The molecular weight excluding hydrogens is 248 g/mol. The van der Waals surface area contributed by atoms with Crippen LogP contribution < -0.4 is 0 Å². The third kappa shape index (κ3) is 8.29. The molecule has 0 saturated carbocycles. The average molecular weight is 277 g/mol. The molecular formula is C18H29O2. The van der Waals surface area contributed by atoms with Gasteiger partial charge >= 0.3 is 0 Å². The first-order valence-corrected chi connectivity index (χ1v) is 8.18. The van der Waals surface area contributed by atoms with Gasteiger partial charge in [0.2, 0.25) is 0 Å². The van der Waals surface area contributed by atoms with Gasteiger partial charge in [-0.2, -0.15) is 0 Å². The molecule has 0 amide bonds. The van der Waals surface area contributed by atoms with E-state index in [0.29, 0.717) is 6.42 Å². The molecule has 0 heterocycles. The lowest BCUT2D eigenvalue weighted by Gasteiger charge is -2.15. The van der Waals surface area contributed by atoms with Crippen molar-refractivity contribution >= 4 is 0 Å². The van der Waals surface area contributed by atoms with Crippen LogP contribution in [-0.4, -0.2) is 13.2 Å². The van der Waals surface area contributed by atoms with Crippen molar-refractivity contribution in [1.29, 1.82) is 0 Å². The molecule has 0 aromatic heterocycles. The van der Waals surface area contributed by atoms with Gasteiger partial charge in [0.05, 0.1) is 19.6 Å². The molecule has 0 saturated heterocycles. The Morgan fingerprint density at radius 1 is 0.900 bits per heavy atom. The third-order valence-corrected chi connectivity index (χ3v) is 3.32. The Kier molecular flexibility index (Phi) is 10.2. The van der Waals surface area contributed by atoms with E-state index in [1.165, 1.54) is 38.5 Å². The summed E-state index contributed by atoms with van der Waals surface area (Å²) in [5.74, 6) is 1.71. The topological polar surface area (TPSA) is 18.5 Å². The van der Waals surface area contributed by atoms with Crippen LogP contribution in [0.5, 0.6) is 0 Å². The fourth-order valence-corrected chi connectivity index (χ4v) is 2.04. The van der Waals surface area contributed by atoms with Crippen molar-refractivity contribution in [2.75, 3.05) is 13.2 Å². The van der Waals surface area contributed by atoms with Crippen LogP contribution in [0.25, 0.3) is 0 Å². The zero-order chi connectivity index (χ0) is 14.5. The van der Waals surface area contributed by atoms with Gasteiger partial charge < -0.3 is 9.47 Å². The molecule has 20 heavy (non-hydrogen) atoms. The summed E-state index contributed by atoms with van der Waals surface area (Å²) in [6.07, 6.45) is 18.8. The summed E-state index contributed by atoms with van der Waals surface area (Å²) in [4.78, 5) is 0. The molecule has 0 unspecified atom stereocenters. The summed E-state index contributed by atoms with van der Waals surface area (Å²) in [7, 11) is 0. The molecule has 2 heteroatoms. The van der Waals surface area contributed by atoms with Crippen LogP contribution in [0.2, 0.25) is 0 Å². The number of hydrogen-bond acceptors (Lipinski definition) is 2. The van der Waals surface area contributed by atoms with E-state index in [4.69, 9.17) is 9.47 Å². The third-order valence-electron chi connectivity index (χ3n) is 3.32. The maximum atomic E-state index is 5.68. The molecule has 0 spiro atoms. The first kappa shape index (κ1) is 17.1. The summed E-state index contributed by atoms with van der Waals surface area (Å²) in [5, 5.41) is 0. The van der Waals surface area contributed by atoms with Crippen LogP contribution in [0.3, 0.4) is 0 Å². The maximum absolute atomic E-state index is 5.68. The second-order valence-corrected chi connectivity index (χ2v) is 5.25. The van der Waals surface area contributed by atoms with E-state index in [1.54, 1.807) is 0 Å². The zero-order valence-electron chi connectivity index (χ0n) is 13.2. The Hall–Kier alpha value is -0.920. The normalized spacial score (nSPS) is 14.7. The second kappa shape index (κ2) is 11.9. The number of rotatable bonds is 12. The molecule has 3 radical (unpaired) electrons. The molecule has 1 aliphatic carbocycles. The summed E-state index contributed by atoms with van der Waals surface area (Å²) < 4.78 is 11.3. The highest BCUT2D eigenvalue weighted by Crippen LogP contribution is 2.19. The minimum absolute atomic E-state index is 0.689. The fraction of sp³-hybridized carbons (Fsp3) is 0.722. The zero-order valence-corrected chi connectivity index (χ0v) is 13.2. The van der Waals surface area contributed by atoms with Gasteiger partial charge in [0.1, 0.15) is 11.5 Å². The first-order valence-electron chi connectivity index (χ1n) is 8.18. The van der Waals surface area contributed by atoms with Crippen molar-refractivity contribution < 1.29 is 9.47 Å². The lowest BCUT2D eigenvalue weighted by atomic mass is 10.1. The lowest BCUT2D eigenvalue weighted by molar-refractivity contribution is 0.183. The van der Waals surface area contributed by atoms with Crippen LogP contribution in [0.15, 0.2) is 17.6 Å². The van der Waals surface area contributed by atoms with Crippen molar-refractivity contribution in [2.45, 2.75) is 71.6 Å². The Morgan fingerprint density at radius 3 is 2.10 bits per heavy atom. The predicted octanol–water partition coefficient (Wildman–Crippen LogP) is 5.24. The fourth-order valence-electron chi connectivity index (χ4n) is 2.04. The summed E-state index contributed by atoms with van der Waals surface area (Å²) in [6.45, 7) is 6.02. The number of unbranched alkanes of at least 4 members (excludes halogenated alkanes) is 6. The maximum Gasteiger partial charge on any atom is 0.105 e. The molecule has 0 bridgehead atoms. The Labute approximate surface area is 125 Å². The van der Waals surface area contributed by atoms with Gasteiger partial charge in [-0.05, 0) is 18.9 Å². The quantitative estimate of drug-likeness (QED) is 0.454. The summed E-state index contributed by atoms with van der Waals surface area (Å²) >= 11 is 0. The first-order chi connectivity index (χ1) is 9.86. The van der Waals surface area contributed by atoms with E-state index in [0.717, 1.165) is 37.6 Å². The van der Waals surface area contributed by atoms with Gasteiger partial charge in [-0.3, -0.25) is 0 Å². The highest BCUT2D eigenvalue weighted by atomic mass is 16.5. The van der Waals surface area contributed by atoms with Crippen LogP contribution in [0, 0.1) is 12.5 Å². The van der Waals surface area contributed by atoms with Crippen LogP contribution in [0.4, 0.5) is 0 Å². The van der Waals surface area contributed by atoms with Gasteiger partial charge in [-0.1, -0.05) is 52.4 Å². The lowest BCUT2D eigenvalue weighted by Crippen LogP contribution is -2.04. The van der Waals surface area contributed by atoms with E-state index < -0.39 is 0 Å². The Balaban J connectivity index is 2.08. The van der Waals surface area contributed by atoms with E-state index in [1.807, 2.05) is 6.08 Å². The van der Waals surface area contributed by atoms with Crippen molar-refractivity contribution in [1.82, 2.24) is 0 Å². The number of allylic oxidation sites excluding steroid dienone is 4. The minimum atomic E-state index is 0.689. The van der Waals surface area contributed by atoms with Crippen molar-refractivity contribution in [3.05, 3.63) is 30.1 Å². The standard InChI is InChI=1S/C18H29O2/c1-3-5-7-9-15-19-17-11-13-18(14-12-17)20-16-10-8-6-4-2/h11H,3-10,14-16H2,1-2H3. The predicted molar refractivity (Wildman–Crippen MR) is 82.9 cm³/mol. The van der Waals surface area contributed by atoms with E-state index in [-0.39, 0.29) is 0 Å². The van der Waals surface area contributed by atoms with Crippen LogP contribution in [-0.2, 0) is 9.47 Å². The van der Waals surface area contributed by atoms with E-state index in [2.05, 4.69) is 26.3 Å². The molecule has 2 nitrogen and oxygen atoms in total. The van der Waals surface area contributed by atoms with Gasteiger partial charge in [0, 0.05) is 12.5 Å². The van der Waals surface area contributed by atoms with Crippen LogP contribution >= 0.6 is 0 Å². The molecule has 113 valence electrons. The van der Waals surface area contributed by atoms with E-state index in [9.17, 15) is 0 Å². The molecule has 1 aliphatic rings. The van der Waals surface area contributed by atoms with Gasteiger partial charge in [-0.15, -0.1) is 0 Å². The van der Waals surface area contributed by atoms with E-state index >= 15 is 0 Å². The van der Waals surface area contributed by atoms with Gasteiger partial charge in [0.25, 0.3) is 0 Å². The molecule has 0 atom stereocenters. The van der Waals surface area contributed by atoms with Crippen molar-refractivity contribution in [3.8, 4) is 0 Å². The molecule has 0 aliphatic heterocycles. The molecule has 0 fully saturated rings. The Morgan fingerprint density at radius 2 is 1.55 bits per heavy atom. The largest absolute Gasteiger partial charge is 0.497 e. The van der Waals surface area contributed by atoms with Crippen molar-refractivity contribution in [3.63, 3.8) is 0 Å². The summed E-state index contributed by atoms with van der Waals surface area (Å²) in [5.41, 5.74) is 0. The average Bonchev–Trinajstić information content (AvgIpc) is 2.48. The molecule has 0 aromatic carbocycles. The number of ether oxygens (including phenoxy) is 2. The SMILES string of the molecule is CCCCCCOC1=[C]C=C(OCCCCCC)[C]C1. The smallest absolute Gasteiger partial charge is 0.105 e. The minimum Gasteiger partial charge on any atom is -0.497 e. The van der Waals surface area contributed by atoms with Gasteiger partial charge in [0.15, 0.2) is 0 Å².